The van der Waals surface area contributed by atoms with Gasteiger partial charge in [0, 0.05) is 9.50 Å². The van der Waals surface area contributed by atoms with Gasteiger partial charge >= 0.3 is 6.18 Å². The van der Waals surface area contributed by atoms with Crippen molar-refractivity contribution in [2.75, 3.05) is 7.05 Å². The van der Waals surface area contributed by atoms with Crippen molar-refractivity contribution < 1.29 is 13.2 Å². The lowest BCUT2D eigenvalue weighted by molar-refractivity contribution is -0.138. The van der Waals surface area contributed by atoms with E-state index in [1.54, 1.807) is 37.4 Å². The summed E-state index contributed by atoms with van der Waals surface area (Å²) in [5.41, 5.74) is 0.0620. The molecule has 1 nitrogen and oxygen atoms in total. The normalized spacial score (nSPS) is 13.2. The van der Waals surface area contributed by atoms with Crippen molar-refractivity contribution in [1.82, 2.24) is 5.32 Å². The van der Waals surface area contributed by atoms with E-state index in [9.17, 15) is 13.2 Å². The lowest BCUT2D eigenvalue weighted by atomic mass is 9.94. The van der Waals surface area contributed by atoms with E-state index >= 15 is 0 Å². The fourth-order valence-corrected chi connectivity index (χ4v) is 2.82. The molecule has 0 aromatic heterocycles. The molecule has 21 heavy (non-hydrogen) atoms. The standard InChI is InChI=1S/C15H12BrClF3N/c1-21-14(11-4-2-3-5-13(11)17)10-7-6-9(16)8-12(10)15(18,19)20/h2-8,14,21H,1H3. The smallest absolute Gasteiger partial charge is 0.309 e. The fraction of sp³-hybridized carbons (Fsp3) is 0.200. The molecule has 2 rings (SSSR count). The van der Waals surface area contributed by atoms with Crippen LogP contribution in [0, 0.1) is 0 Å². The fourth-order valence-electron chi connectivity index (χ4n) is 2.21. The number of halogens is 5. The predicted octanol–water partition coefficient (Wildman–Crippen LogP) is 5.43. The highest BCUT2D eigenvalue weighted by Gasteiger charge is 2.35. The molecule has 0 amide bonds. The molecule has 2 aromatic rings. The van der Waals surface area contributed by atoms with Crippen LogP contribution in [0.15, 0.2) is 46.9 Å². The van der Waals surface area contributed by atoms with Crippen LogP contribution >= 0.6 is 27.5 Å². The monoisotopic (exact) mass is 377 g/mol. The zero-order valence-electron chi connectivity index (χ0n) is 11.0. The third kappa shape index (κ3) is 3.59. The molecule has 1 unspecified atom stereocenters. The minimum atomic E-state index is -4.44. The first-order valence-electron chi connectivity index (χ1n) is 6.13. The largest absolute Gasteiger partial charge is 0.416 e. The predicted molar refractivity (Wildman–Crippen MR) is 81.5 cm³/mol. The van der Waals surface area contributed by atoms with E-state index < -0.39 is 17.8 Å². The Labute approximate surface area is 134 Å². The summed E-state index contributed by atoms with van der Waals surface area (Å²) >= 11 is 9.20. The maximum atomic E-state index is 13.3. The Hall–Kier alpha value is -1.04. The molecular formula is C15H12BrClF3N. The van der Waals surface area contributed by atoms with Crippen molar-refractivity contribution >= 4 is 27.5 Å². The number of hydrogen-bond donors (Lipinski definition) is 1. The van der Waals surface area contributed by atoms with Crippen LogP contribution < -0.4 is 5.32 Å². The van der Waals surface area contributed by atoms with Gasteiger partial charge in [-0.2, -0.15) is 13.2 Å². The highest BCUT2D eigenvalue weighted by atomic mass is 79.9. The molecule has 0 aliphatic heterocycles. The summed E-state index contributed by atoms with van der Waals surface area (Å²) in [6, 6.07) is 10.4. The van der Waals surface area contributed by atoms with E-state index in [1.807, 2.05) is 0 Å². The minimum Gasteiger partial charge on any atom is -0.309 e. The van der Waals surface area contributed by atoms with Gasteiger partial charge in [0.1, 0.15) is 0 Å². The maximum Gasteiger partial charge on any atom is 0.416 e. The van der Waals surface area contributed by atoms with Gasteiger partial charge in [-0.3, -0.25) is 0 Å². The van der Waals surface area contributed by atoms with Gasteiger partial charge in [-0.15, -0.1) is 0 Å². The van der Waals surface area contributed by atoms with Crippen LogP contribution in [0.2, 0.25) is 5.02 Å². The van der Waals surface area contributed by atoms with Crippen molar-refractivity contribution in [3.8, 4) is 0 Å². The van der Waals surface area contributed by atoms with E-state index in [0.29, 0.717) is 15.1 Å². The van der Waals surface area contributed by atoms with E-state index in [-0.39, 0.29) is 5.56 Å². The average Bonchev–Trinajstić information content (AvgIpc) is 2.42. The first-order valence-corrected chi connectivity index (χ1v) is 7.30. The van der Waals surface area contributed by atoms with Gasteiger partial charge in [0.15, 0.2) is 0 Å². The molecule has 112 valence electrons. The number of alkyl halides is 3. The molecule has 0 spiro atoms. The third-order valence-electron chi connectivity index (χ3n) is 3.14. The Balaban J connectivity index is 2.61. The summed E-state index contributed by atoms with van der Waals surface area (Å²) in [4.78, 5) is 0. The Kier molecular flexibility index (Phi) is 4.96. The summed E-state index contributed by atoms with van der Waals surface area (Å²) < 4.78 is 40.2. The van der Waals surface area contributed by atoms with Crippen molar-refractivity contribution in [3.63, 3.8) is 0 Å². The molecule has 0 radical (unpaired) electrons. The lowest BCUT2D eigenvalue weighted by Crippen LogP contribution is -2.22. The molecule has 0 fully saturated rings. The second kappa shape index (κ2) is 6.38. The van der Waals surface area contributed by atoms with Crippen LogP contribution in [-0.2, 0) is 6.18 Å². The Morgan fingerprint density at radius 3 is 2.33 bits per heavy atom. The van der Waals surface area contributed by atoms with Gasteiger partial charge in [0.05, 0.1) is 11.6 Å². The zero-order valence-corrected chi connectivity index (χ0v) is 13.4. The molecule has 0 heterocycles. The van der Waals surface area contributed by atoms with E-state index in [1.165, 1.54) is 6.07 Å². The van der Waals surface area contributed by atoms with Crippen molar-refractivity contribution in [3.05, 3.63) is 68.7 Å². The van der Waals surface area contributed by atoms with Crippen LogP contribution in [0.5, 0.6) is 0 Å². The van der Waals surface area contributed by atoms with E-state index in [0.717, 1.165) is 6.07 Å². The second-order valence-corrected chi connectivity index (χ2v) is 5.80. The molecular weight excluding hydrogens is 367 g/mol. The molecule has 1 atom stereocenters. The molecule has 2 aromatic carbocycles. The lowest BCUT2D eigenvalue weighted by Gasteiger charge is -2.23. The molecule has 1 N–H and O–H groups in total. The molecule has 0 aliphatic rings. The van der Waals surface area contributed by atoms with E-state index in [2.05, 4.69) is 21.2 Å². The van der Waals surface area contributed by atoms with Crippen LogP contribution in [0.1, 0.15) is 22.7 Å². The minimum absolute atomic E-state index is 0.140. The Morgan fingerprint density at radius 1 is 1.10 bits per heavy atom. The van der Waals surface area contributed by atoms with E-state index in [4.69, 9.17) is 11.6 Å². The van der Waals surface area contributed by atoms with Crippen molar-refractivity contribution in [2.45, 2.75) is 12.2 Å². The molecule has 6 heteroatoms. The molecule has 0 aliphatic carbocycles. The Bertz CT molecular complexity index is 643. The summed E-state index contributed by atoms with van der Waals surface area (Å²) in [5, 5.41) is 3.33. The van der Waals surface area contributed by atoms with Gasteiger partial charge in [-0.1, -0.05) is 51.8 Å². The SMILES string of the molecule is CNC(c1ccccc1Cl)c1ccc(Br)cc1C(F)(F)F. The molecule has 0 bridgehead atoms. The van der Waals surface area contributed by atoms with Gasteiger partial charge in [0.2, 0.25) is 0 Å². The quantitative estimate of drug-likeness (QED) is 0.751. The first kappa shape index (κ1) is 16.3. The summed E-state index contributed by atoms with van der Waals surface area (Å²) in [6.07, 6.45) is -4.44. The number of hydrogen-bond acceptors (Lipinski definition) is 1. The molecule has 0 saturated heterocycles. The summed E-state index contributed by atoms with van der Waals surface area (Å²) in [5.74, 6) is 0. The van der Waals surface area contributed by atoms with Gasteiger partial charge in [-0.05, 0) is 36.4 Å². The highest BCUT2D eigenvalue weighted by Crippen LogP contribution is 2.39. The van der Waals surface area contributed by atoms with Gasteiger partial charge in [-0.25, -0.2) is 0 Å². The van der Waals surface area contributed by atoms with Crippen LogP contribution in [0.25, 0.3) is 0 Å². The number of benzene rings is 2. The maximum absolute atomic E-state index is 13.3. The Morgan fingerprint density at radius 2 is 1.76 bits per heavy atom. The van der Waals surface area contributed by atoms with Gasteiger partial charge < -0.3 is 5.32 Å². The highest BCUT2D eigenvalue weighted by molar-refractivity contribution is 9.10. The number of nitrogens with one attached hydrogen (secondary N) is 1. The van der Waals surface area contributed by atoms with Gasteiger partial charge in [0.25, 0.3) is 0 Å². The van der Waals surface area contributed by atoms with Crippen LogP contribution in [0.3, 0.4) is 0 Å². The molecule has 0 saturated carbocycles. The summed E-state index contributed by atoms with van der Waals surface area (Å²) in [6.45, 7) is 0. The number of rotatable bonds is 3. The van der Waals surface area contributed by atoms with Crippen molar-refractivity contribution in [2.24, 2.45) is 0 Å². The zero-order chi connectivity index (χ0) is 15.6. The third-order valence-corrected chi connectivity index (χ3v) is 3.97. The first-order chi connectivity index (χ1) is 9.84. The second-order valence-electron chi connectivity index (χ2n) is 4.47. The topological polar surface area (TPSA) is 12.0 Å². The average molecular weight is 379 g/mol. The van der Waals surface area contributed by atoms with Crippen LogP contribution in [-0.4, -0.2) is 7.05 Å². The van der Waals surface area contributed by atoms with Crippen LogP contribution in [0.4, 0.5) is 13.2 Å². The summed E-state index contributed by atoms with van der Waals surface area (Å²) in [7, 11) is 1.61. The van der Waals surface area contributed by atoms with Crippen molar-refractivity contribution in [1.29, 1.82) is 0 Å².